The lowest BCUT2D eigenvalue weighted by Gasteiger charge is -2.25. The van der Waals surface area contributed by atoms with Gasteiger partial charge in [-0.2, -0.15) is 0 Å². The van der Waals surface area contributed by atoms with E-state index in [0.717, 1.165) is 40.2 Å². The molecule has 3 rings (SSSR count). The first kappa shape index (κ1) is 21.7. The Balaban J connectivity index is 0.000000438. The third-order valence-electron chi connectivity index (χ3n) is 4.64. The zero-order valence-corrected chi connectivity index (χ0v) is 16.4. The Morgan fingerprint density at radius 1 is 1.17 bits per heavy atom. The topological polar surface area (TPSA) is 142 Å². The van der Waals surface area contributed by atoms with E-state index in [4.69, 9.17) is 29.3 Å². The number of hydrogen-bond acceptors (Lipinski definition) is 6. The van der Waals surface area contributed by atoms with Crippen molar-refractivity contribution in [3.63, 3.8) is 0 Å². The van der Waals surface area contributed by atoms with Gasteiger partial charge in [0, 0.05) is 18.7 Å². The summed E-state index contributed by atoms with van der Waals surface area (Å²) in [6, 6.07) is 3.85. The molecule has 0 unspecified atom stereocenters. The van der Waals surface area contributed by atoms with Crippen molar-refractivity contribution in [2.45, 2.75) is 33.4 Å². The van der Waals surface area contributed by atoms with Crippen LogP contribution in [0.4, 0.5) is 4.79 Å². The molecule has 0 bridgehead atoms. The van der Waals surface area contributed by atoms with E-state index in [0.29, 0.717) is 13.1 Å². The number of rotatable bonds is 3. The van der Waals surface area contributed by atoms with Gasteiger partial charge in [-0.3, -0.25) is 0 Å². The van der Waals surface area contributed by atoms with E-state index < -0.39 is 11.9 Å². The van der Waals surface area contributed by atoms with Gasteiger partial charge in [0.1, 0.15) is 12.4 Å². The number of carboxylic acids is 2. The Bertz CT molecular complexity index is 895. The minimum Gasteiger partial charge on any atom is -0.496 e. The van der Waals surface area contributed by atoms with Crippen LogP contribution >= 0.6 is 0 Å². The standard InChI is InChI=1S/C17H21N3O3.C2H2O4/c1-11-12(2)16(22-3)5-4-13(11)9-23-17(21)20-7-6-14-15(8-20)19-10-18-14;3-1(4)2(5)6/h4-5,10H,6-9H2,1-3H3,(H,18,19);(H,3,4)(H,5,6). The highest BCUT2D eigenvalue weighted by Gasteiger charge is 2.23. The molecule has 3 N–H and O–H groups in total. The maximum Gasteiger partial charge on any atom is 0.414 e. The number of nitrogens with one attached hydrogen (secondary N) is 1. The lowest BCUT2D eigenvalue weighted by Crippen LogP contribution is -2.36. The second kappa shape index (κ2) is 9.58. The van der Waals surface area contributed by atoms with E-state index in [1.807, 2.05) is 26.0 Å². The van der Waals surface area contributed by atoms with Crippen LogP contribution in [-0.4, -0.2) is 56.8 Å². The SMILES string of the molecule is COc1ccc(COC(=O)N2CCc3[nH]cnc3C2)c(C)c1C.O=C(O)C(=O)O. The van der Waals surface area contributed by atoms with E-state index in [1.54, 1.807) is 18.3 Å². The maximum absolute atomic E-state index is 12.3. The van der Waals surface area contributed by atoms with E-state index in [2.05, 4.69) is 9.97 Å². The molecule has 1 aromatic carbocycles. The number of carbonyl (C=O) groups excluding carboxylic acids is 1. The van der Waals surface area contributed by atoms with Crippen molar-refractivity contribution >= 4 is 18.0 Å². The molecular formula is C19H23N3O7. The third kappa shape index (κ3) is 5.47. The fourth-order valence-corrected chi connectivity index (χ4v) is 2.82. The van der Waals surface area contributed by atoms with E-state index >= 15 is 0 Å². The van der Waals surface area contributed by atoms with Gasteiger partial charge in [0.15, 0.2) is 0 Å². The number of aromatic nitrogens is 2. The van der Waals surface area contributed by atoms with Gasteiger partial charge >= 0.3 is 18.0 Å². The number of methoxy groups -OCH3 is 1. The van der Waals surface area contributed by atoms with Crippen LogP contribution in [0, 0.1) is 13.8 Å². The van der Waals surface area contributed by atoms with Gasteiger partial charge in [0.2, 0.25) is 0 Å². The van der Waals surface area contributed by atoms with Crippen molar-refractivity contribution < 1.29 is 34.1 Å². The second-order valence-electron chi connectivity index (χ2n) is 6.34. The number of hydrogen-bond donors (Lipinski definition) is 3. The Labute approximate surface area is 167 Å². The summed E-state index contributed by atoms with van der Waals surface area (Å²) in [5.74, 6) is -2.80. The molecule has 2 heterocycles. The first-order valence-corrected chi connectivity index (χ1v) is 8.76. The van der Waals surface area contributed by atoms with Gasteiger partial charge < -0.3 is 29.6 Å². The minimum absolute atomic E-state index is 0.263. The normalized spacial score (nSPS) is 12.3. The Morgan fingerprint density at radius 2 is 1.86 bits per heavy atom. The summed E-state index contributed by atoms with van der Waals surface area (Å²) < 4.78 is 10.8. The first-order chi connectivity index (χ1) is 13.7. The molecule has 0 aliphatic carbocycles. The smallest absolute Gasteiger partial charge is 0.414 e. The molecule has 0 atom stereocenters. The average molecular weight is 405 g/mol. The quantitative estimate of drug-likeness (QED) is 0.657. The second-order valence-corrected chi connectivity index (χ2v) is 6.34. The van der Waals surface area contributed by atoms with Crippen molar-refractivity contribution in [3.05, 3.63) is 46.5 Å². The van der Waals surface area contributed by atoms with Gasteiger partial charge in [-0.05, 0) is 36.6 Å². The molecule has 2 aromatic rings. The van der Waals surface area contributed by atoms with Crippen LogP contribution in [0.25, 0.3) is 0 Å². The molecule has 1 aliphatic rings. The number of aliphatic carboxylic acids is 2. The number of benzene rings is 1. The van der Waals surface area contributed by atoms with E-state index in [9.17, 15) is 4.79 Å². The summed E-state index contributed by atoms with van der Waals surface area (Å²) in [5, 5.41) is 14.8. The van der Waals surface area contributed by atoms with Gasteiger partial charge in [-0.25, -0.2) is 19.4 Å². The van der Waals surface area contributed by atoms with Crippen LogP contribution in [0.3, 0.4) is 0 Å². The molecule has 0 spiro atoms. The summed E-state index contributed by atoms with van der Waals surface area (Å²) >= 11 is 0. The molecule has 10 heteroatoms. The number of aromatic amines is 1. The lowest BCUT2D eigenvalue weighted by molar-refractivity contribution is -0.159. The van der Waals surface area contributed by atoms with Crippen molar-refractivity contribution in [2.75, 3.05) is 13.7 Å². The molecule has 0 fully saturated rings. The molecule has 10 nitrogen and oxygen atoms in total. The number of H-pyrrole nitrogens is 1. The highest BCUT2D eigenvalue weighted by Crippen LogP contribution is 2.24. The zero-order valence-electron chi connectivity index (χ0n) is 16.4. The number of carbonyl (C=O) groups is 3. The molecule has 1 amide bonds. The highest BCUT2D eigenvalue weighted by atomic mass is 16.6. The summed E-state index contributed by atoms with van der Waals surface area (Å²) in [5.41, 5.74) is 5.18. The maximum atomic E-state index is 12.3. The first-order valence-electron chi connectivity index (χ1n) is 8.76. The average Bonchev–Trinajstić information content (AvgIpc) is 3.17. The summed E-state index contributed by atoms with van der Waals surface area (Å²) in [4.78, 5) is 39.5. The predicted molar refractivity (Wildman–Crippen MR) is 101 cm³/mol. The largest absolute Gasteiger partial charge is 0.496 e. The Kier molecular flexibility index (Phi) is 7.18. The molecule has 29 heavy (non-hydrogen) atoms. The van der Waals surface area contributed by atoms with Gasteiger partial charge in [0.25, 0.3) is 0 Å². The molecule has 1 aromatic heterocycles. The third-order valence-corrected chi connectivity index (χ3v) is 4.64. The number of imidazole rings is 1. The van der Waals surface area contributed by atoms with Gasteiger partial charge in [-0.1, -0.05) is 6.07 Å². The number of nitrogens with zero attached hydrogens (tertiary/aromatic N) is 2. The molecule has 1 aliphatic heterocycles. The van der Waals surface area contributed by atoms with Gasteiger partial charge in [0.05, 0.1) is 25.7 Å². The van der Waals surface area contributed by atoms with Crippen LogP contribution in [0.15, 0.2) is 18.5 Å². The Morgan fingerprint density at radius 3 is 2.48 bits per heavy atom. The van der Waals surface area contributed by atoms with Crippen LogP contribution in [0.1, 0.15) is 28.1 Å². The Hall–Kier alpha value is -3.56. The van der Waals surface area contributed by atoms with E-state index in [1.165, 1.54) is 0 Å². The molecule has 0 radical (unpaired) electrons. The predicted octanol–water partition coefficient (Wildman–Crippen LogP) is 1.89. The minimum atomic E-state index is -1.82. The van der Waals surface area contributed by atoms with Crippen molar-refractivity contribution in [2.24, 2.45) is 0 Å². The molecule has 0 saturated heterocycles. The van der Waals surface area contributed by atoms with Crippen LogP contribution in [0.5, 0.6) is 5.75 Å². The number of fused-ring (bicyclic) bond motifs is 1. The molecular weight excluding hydrogens is 382 g/mol. The fourth-order valence-electron chi connectivity index (χ4n) is 2.82. The highest BCUT2D eigenvalue weighted by molar-refractivity contribution is 6.27. The van der Waals surface area contributed by atoms with Gasteiger partial charge in [-0.15, -0.1) is 0 Å². The fraction of sp³-hybridized carbons (Fsp3) is 0.368. The molecule has 0 saturated carbocycles. The number of carboxylic acid groups (broad SMARTS) is 2. The number of amides is 1. The molecule has 156 valence electrons. The van der Waals surface area contributed by atoms with Crippen molar-refractivity contribution in [3.8, 4) is 5.75 Å². The van der Waals surface area contributed by atoms with Crippen LogP contribution in [-0.2, 0) is 33.9 Å². The lowest BCUT2D eigenvalue weighted by atomic mass is 10.0. The summed E-state index contributed by atoms with van der Waals surface area (Å²) in [7, 11) is 1.65. The zero-order chi connectivity index (χ0) is 21.6. The monoisotopic (exact) mass is 405 g/mol. The summed E-state index contributed by atoms with van der Waals surface area (Å²) in [6.45, 7) is 5.42. The van der Waals surface area contributed by atoms with E-state index in [-0.39, 0.29) is 12.7 Å². The number of ether oxygens (including phenoxy) is 2. The van der Waals surface area contributed by atoms with Crippen LogP contribution in [0.2, 0.25) is 0 Å². The summed E-state index contributed by atoms with van der Waals surface area (Å²) in [6.07, 6.45) is 2.15. The van der Waals surface area contributed by atoms with Crippen molar-refractivity contribution in [1.82, 2.24) is 14.9 Å². The van der Waals surface area contributed by atoms with Crippen LogP contribution < -0.4 is 4.74 Å². The van der Waals surface area contributed by atoms with Crippen molar-refractivity contribution in [1.29, 1.82) is 0 Å².